The van der Waals surface area contributed by atoms with E-state index in [9.17, 15) is 5.11 Å². The van der Waals surface area contributed by atoms with Gasteiger partial charge in [0.25, 0.3) is 0 Å². The topological polar surface area (TPSA) is 50.9 Å². The van der Waals surface area contributed by atoms with E-state index in [-0.39, 0.29) is 26.8 Å². The Morgan fingerprint density at radius 1 is 0.667 bits per heavy atom. The molecule has 0 aliphatic carbocycles. The van der Waals surface area contributed by atoms with Crippen LogP contribution in [0.15, 0.2) is 109 Å². The van der Waals surface area contributed by atoms with Gasteiger partial charge in [0.2, 0.25) is 0 Å². The van der Waals surface area contributed by atoms with E-state index < -0.39 is 0 Å². The number of hydrogen-bond acceptors (Lipinski definition) is 3. The molecule has 0 saturated carbocycles. The van der Waals surface area contributed by atoms with E-state index in [1.54, 1.807) is 0 Å². The van der Waals surface area contributed by atoms with Gasteiger partial charge in [-0.05, 0) is 81.2 Å². The van der Waals surface area contributed by atoms with Crippen LogP contribution < -0.4 is 0 Å². The Kier molecular flexibility index (Phi) is 9.41. The van der Waals surface area contributed by atoms with Gasteiger partial charge < -0.3 is 5.11 Å². The summed E-state index contributed by atoms with van der Waals surface area (Å²) in [7, 11) is 0. The number of imidazole rings is 1. The Bertz CT molecular complexity index is 2220. The summed E-state index contributed by atoms with van der Waals surface area (Å²) < 4.78 is 2.26. The zero-order chi connectivity index (χ0) is 32.8. The van der Waals surface area contributed by atoms with Crippen LogP contribution in [-0.2, 0) is 21.1 Å². The molecule has 2 heterocycles. The standard InChI is InChI=1S/C43H40N3O.Pt/c1-26(2)30-22-23-34-31(24-30)25-38(44-40(34)29-14-8-7-9-15-29)35-18-13-19-36(42(35)47)43-45-37-20-10-11-21-39(37)46(43)41-32(27(3)4)16-12-17-33(41)28(5)6;/h7-14,16-28,47H,1-6H3;/q-1;. The van der Waals surface area contributed by atoms with Crippen LogP contribution in [0.5, 0.6) is 5.75 Å². The summed E-state index contributed by atoms with van der Waals surface area (Å²) in [6.45, 7) is 13.3. The van der Waals surface area contributed by atoms with Crippen molar-refractivity contribution in [1.29, 1.82) is 0 Å². The smallest absolute Gasteiger partial charge is 0.149 e. The number of fused-ring (bicyclic) bond motifs is 2. The third kappa shape index (κ3) is 5.88. The summed E-state index contributed by atoms with van der Waals surface area (Å²) >= 11 is 0. The zero-order valence-corrected chi connectivity index (χ0v) is 30.5. The number of phenols is 1. The first kappa shape index (κ1) is 33.4. The van der Waals surface area contributed by atoms with Gasteiger partial charge in [0.1, 0.15) is 11.6 Å². The molecule has 0 amide bonds. The number of para-hydroxylation sites is 4. The van der Waals surface area contributed by atoms with E-state index >= 15 is 0 Å². The summed E-state index contributed by atoms with van der Waals surface area (Å²) in [6, 6.07) is 40.7. The third-order valence-electron chi connectivity index (χ3n) is 9.17. The van der Waals surface area contributed by atoms with E-state index in [1.165, 1.54) is 16.7 Å². The minimum atomic E-state index is 0. The van der Waals surface area contributed by atoms with E-state index in [0.717, 1.165) is 38.8 Å². The molecule has 0 aliphatic rings. The van der Waals surface area contributed by atoms with Crippen LogP contribution in [0.4, 0.5) is 0 Å². The Morgan fingerprint density at radius 2 is 1.35 bits per heavy atom. The molecule has 4 nitrogen and oxygen atoms in total. The van der Waals surface area contributed by atoms with Gasteiger partial charge in [-0.1, -0.05) is 96.1 Å². The molecule has 7 aromatic rings. The second kappa shape index (κ2) is 13.5. The molecule has 0 unspecified atom stereocenters. The first-order valence-corrected chi connectivity index (χ1v) is 16.6. The Labute approximate surface area is 297 Å². The van der Waals surface area contributed by atoms with Gasteiger partial charge in [-0.15, -0.1) is 35.9 Å². The molecule has 0 atom stereocenters. The molecule has 7 rings (SSSR count). The molecule has 244 valence electrons. The molecule has 5 heteroatoms. The van der Waals surface area contributed by atoms with Gasteiger partial charge in [0, 0.05) is 26.6 Å². The second-order valence-electron chi connectivity index (χ2n) is 13.3. The van der Waals surface area contributed by atoms with Crippen molar-refractivity contribution in [2.75, 3.05) is 0 Å². The molecule has 1 N–H and O–H groups in total. The first-order valence-electron chi connectivity index (χ1n) is 16.6. The normalized spacial score (nSPS) is 11.6. The molecule has 0 fully saturated rings. The molecule has 0 aliphatic heterocycles. The largest absolute Gasteiger partial charge is 0.506 e. The van der Waals surface area contributed by atoms with Crippen molar-refractivity contribution in [2.45, 2.75) is 59.3 Å². The molecular weight excluding hydrogens is 770 g/mol. The monoisotopic (exact) mass is 809 g/mol. The van der Waals surface area contributed by atoms with Crippen LogP contribution in [0.2, 0.25) is 0 Å². The van der Waals surface area contributed by atoms with Crippen molar-refractivity contribution < 1.29 is 26.2 Å². The number of nitrogens with zero attached hydrogens (tertiary/aromatic N) is 3. The number of phenolic OH excluding ortho intramolecular Hbond substituents is 1. The molecule has 48 heavy (non-hydrogen) atoms. The first-order chi connectivity index (χ1) is 22.7. The zero-order valence-electron chi connectivity index (χ0n) is 28.2. The summed E-state index contributed by atoms with van der Waals surface area (Å²) in [5.74, 6) is 1.84. The van der Waals surface area contributed by atoms with Crippen LogP contribution in [0.3, 0.4) is 0 Å². The molecule has 0 spiro atoms. The van der Waals surface area contributed by atoms with Gasteiger partial charge in [0.05, 0.1) is 28.0 Å². The number of aromatic hydroxyl groups is 1. The van der Waals surface area contributed by atoms with Gasteiger partial charge >= 0.3 is 0 Å². The van der Waals surface area contributed by atoms with Crippen molar-refractivity contribution in [3.8, 4) is 45.3 Å². The average molecular weight is 810 g/mol. The summed E-state index contributed by atoms with van der Waals surface area (Å²) in [5, 5.41) is 14.4. The van der Waals surface area contributed by atoms with Gasteiger partial charge in [-0.25, -0.2) is 4.98 Å². The predicted molar refractivity (Wildman–Crippen MR) is 195 cm³/mol. The van der Waals surface area contributed by atoms with Crippen LogP contribution in [0.25, 0.3) is 61.4 Å². The number of hydrogen-bond donors (Lipinski definition) is 1. The SMILES string of the molecule is CC(C)c1ccc2c(-c3[c-]cccc3)nc(-c3cccc(-c4nc5ccccc5n4-c4c(C(C)C)cccc4C(C)C)c3O)cc2c1.[Pt]. The van der Waals surface area contributed by atoms with Crippen LogP contribution in [0.1, 0.15) is 76.0 Å². The third-order valence-corrected chi connectivity index (χ3v) is 9.17. The fourth-order valence-electron chi connectivity index (χ4n) is 6.65. The van der Waals surface area contributed by atoms with E-state index in [2.05, 4.69) is 107 Å². The van der Waals surface area contributed by atoms with Gasteiger partial charge in [0.15, 0.2) is 0 Å². The van der Waals surface area contributed by atoms with Crippen molar-refractivity contribution in [2.24, 2.45) is 0 Å². The van der Waals surface area contributed by atoms with E-state index in [0.29, 0.717) is 40.4 Å². The van der Waals surface area contributed by atoms with E-state index in [1.807, 2.05) is 54.6 Å². The minimum absolute atomic E-state index is 0. The molecule has 5 aromatic carbocycles. The molecule has 0 radical (unpaired) electrons. The van der Waals surface area contributed by atoms with E-state index in [4.69, 9.17) is 9.97 Å². The Hall–Kier alpha value is -4.53. The molecule has 2 aromatic heterocycles. The summed E-state index contributed by atoms with van der Waals surface area (Å²) in [5.41, 5.74) is 10.6. The maximum Gasteiger partial charge on any atom is 0.149 e. The quantitative estimate of drug-likeness (QED) is 0.163. The van der Waals surface area contributed by atoms with Crippen molar-refractivity contribution in [3.05, 3.63) is 132 Å². The average Bonchev–Trinajstić information content (AvgIpc) is 3.46. The predicted octanol–water partition coefficient (Wildman–Crippen LogP) is 11.4. The Balaban J connectivity index is 0.00000401. The number of rotatable bonds is 7. The van der Waals surface area contributed by atoms with Crippen molar-refractivity contribution >= 4 is 21.8 Å². The van der Waals surface area contributed by atoms with Gasteiger partial charge in [-0.2, -0.15) is 0 Å². The van der Waals surface area contributed by atoms with Crippen molar-refractivity contribution in [3.63, 3.8) is 0 Å². The summed E-state index contributed by atoms with van der Waals surface area (Å²) in [4.78, 5) is 10.4. The Morgan fingerprint density at radius 3 is 2.04 bits per heavy atom. The molecule has 0 saturated heterocycles. The minimum Gasteiger partial charge on any atom is -0.506 e. The maximum absolute atomic E-state index is 12.2. The van der Waals surface area contributed by atoms with Crippen LogP contribution in [0, 0.1) is 6.07 Å². The number of benzene rings is 5. The second-order valence-corrected chi connectivity index (χ2v) is 13.3. The van der Waals surface area contributed by atoms with Crippen molar-refractivity contribution in [1.82, 2.24) is 14.5 Å². The molecule has 0 bridgehead atoms. The number of aromatic nitrogens is 3. The maximum atomic E-state index is 12.2. The summed E-state index contributed by atoms with van der Waals surface area (Å²) in [6.07, 6.45) is 0. The molecular formula is C43H40N3OPt-. The fourth-order valence-corrected chi connectivity index (χ4v) is 6.65. The fraction of sp³-hybridized carbons (Fsp3) is 0.209. The van der Waals surface area contributed by atoms with Crippen LogP contribution >= 0.6 is 0 Å². The van der Waals surface area contributed by atoms with Gasteiger partial charge in [-0.3, -0.25) is 9.55 Å². The number of pyridine rings is 1. The van der Waals surface area contributed by atoms with Crippen LogP contribution in [-0.4, -0.2) is 19.6 Å².